The molecule has 0 aromatic heterocycles. The predicted octanol–water partition coefficient (Wildman–Crippen LogP) is 7.37. The van der Waals surface area contributed by atoms with Gasteiger partial charge in [-0.15, -0.1) is 0 Å². The van der Waals surface area contributed by atoms with E-state index in [0.29, 0.717) is 6.79 Å². The molecule has 0 aliphatic heterocycles. The molecule has 28 heavy (non-hydrogen) atoms. The Balaban J connectivity index is 3.20. The normalized spacial score (nSPS) is 11.7. The lowest BCUT2D eigenvalue weighted by Crippen LogP contribution is -2.17. The molecule has 0 rings (SSSR count). The number of hydrogen-bond acceptors (Lipinski definition) is 4. The summed E-state index contributed by atoms with van der Waals surface area (Å²) in [6, 6.07) is 0. The molecular weight excluding hydrogens is 352 g/mol. The van der Waals surface area contributed by atoms with Crippen LogP contribution in [0.1, 0.15) is 111 Å². The first-order valence-corrected chi connectivity index (χ1v) is 11.9. The van der Waals surface area contributed by atoms with Crippen molar-refractivity contribution in [2.75, 3.05) is 26.6 Å². The van der Waals surface area contributed by atoms with Gasteiger partial charge in [0.05, 0.1) is 12.9 Å². The lowest BCUT2D eigenvalue weighted by Gasteiger charge is -2.16. The van der Waals surface area contributed by atoms with Crippen molar-refractivity contribution in [3.8, 4) is 0 Å². The Morgan fingerprint density at radius 3 is 1.89 bits per heavy atom. The third kappa shape index (κ3) is 21.7. The SMILES string of the molecule is CCCCCOCOC=CCCCCCCCCCCCC(OCC)OCC. The van der Waals surface area contributed by atoms with Crippen LogP contribution in [-0.4, -0.2) is 32.9 Å². The highest BCUT2D eigenvalue weighted by Crippen LogP contribution is 2.13. The van der Waals surface area contributed by atoms with Crippen LogP contribution in [0.15, 0.2) is 12.3 Å². The monoisotopic (exact) mass is 400 g/mol. The van der Waals surface area contributed by atoms with Crippen molar-refractivity contribution in [3.05, 3.63) is 12.3 Å². The minimum Gasteiger partial charge on any atom is -0.475 e. The van der Waals surface area contributed by atoms with E-state index in [4.69, 9.17) is 18.9 Å². The van der Waals surface area contributed by atoms with Crippen LogP contribution in [0.2, 0.25) is 0 Å². The van der Waals surface area contributed by atoms with Crippen molar-refractivity contribution in [3.63, 3.8) is 0 Å². The molecule has 0 aliphatic carbocycles. The molecule has 0 saturated heterocycles. The lowest BCUT2D eigenvalue weighted by atomic mass is 10.1. The van der Waals surface area contributed by atoms with Crippen LogP contribution in [-0.2, 0) is 18.9 Å². The molecule has 0 fully saturated rings. The van der Waals surface area contributed by atoms with Crippen LogP contribution >= 0.6 is 0 Å². The minimum atomic E-state index is 0.00719. The second kappa shape index (κ2) is 24.5. The fraction of sp³-hybridized carbons (Fsp3) is 0.917. The second-order valence-corrected chi connectivity index (χ2v) is 7.37. The van der Waals surface area contributed by atoms with Crippen molar-refractivity contribution in [2.24, 2.45) is 0 Å². The van der Waals surface area contributed by atoms with E-state index in [0.717, 1.165) is 39.1 Å². The maximum atomic E-state index is 5.58. The molecule has 0 amide bonds. The molecule has 4 nitrogen and oxygen atoms in total. The summed E-state index contributed by atoms with van der Waals surface area (Å²) in [5, 5.41) is 0. The molecule has 0 aromatic rings. The molecule has 0 N–H and O–H groups in total. The molecule has 0 aliphatic rings. The number of allylic oxidation sites excluding steroid dienone is 1. The van der Waals surface area contributed by atoms with E-state index < -0.39 is 0 Å². The van der Waals surface area contributed by atoms with E-state index in [1.165, 1.54) is 70.6 Å². The smallest absolute Gasteiger partial charge is 0.188 e. The van der Waals surface area contributed by atoms with E-state index in [9.17, 15) is 0 Å². The number of hydrogen-bond donors (Lipinski definition) is 0. The maximum Gasteiger partial charge on any atom is 0.188 e. The molecule has 0 heterocycles. The summed E-state index contributed by atoms with van der Waals surface area (Å²) >= 11 is 0. The largest absolute Gasteiger partial charge is 0.475 e. The van der Waals surface area contributed by atoms with Crippen LogP contribution in [0, 0.1) is 0 Å². The molecule has 0 saturated carbocycles. The fourth-order valence-electron chi connectivity index (χ4n) is 3.13. The van der Waals surface area contributed by atoms with E-state index >= 15 is 0 Å². The third-order valence-corrected chi connectivity index (χ3v) is 4.75. The van der Waals surface area contributed by atoms with Gasteiger partial charge in [-0.05, 0) is 52.0 Å². The Morgan fingerprint density at radius 1 is 0.679 bits per heavy atom. The summed E-state index contributed by atoms with van der Waals surface area (Å²) in [5.74, 6) is 0. The number of rotatable bonds is 23. The molecule has 0 aromatic carbocycles. The van der Waals surface area contributed by atoms with E-state index in [1.54, 1.807) is 6.26 Å². The summed E-state index contributed by atoms with van der Waals surface area (Å²) in [7, 11) is 0. The first-order chi connectivity index (χ1) is 13.8. The van der Waals surface area contributed by atoms with Gasteiger partial charge in [-0.25, -0.2) is 0 Å². The second-order valence-electron chi connectivity index (χ2n) is 7.37. The quantitative estimate of drug-likeness (QED) is 0.102. The van der Waals surface area contributed by atoms with Gasteiger partial charge < -0.3 is 18.9 Å². The van der Waals surface area contributed by atoms with Gasteiger partial charge in [0.2, 0.25) is 0 Å². The van der Waals surface area contributed by atoms with Gasteiger partial charge in [-0.1, -0.05) is 64.7 Å². The molecule has 0 radical (unpaired) electrons. The highest BCUT2D eigenvalue weighted by molar-refractivity contribution is 4.72. The van der Waals surface area contributed by atoms with E-state index in [-0.39, 0.29) is 6.29 Å². The zero-order valence-electron chi connectivity index (χ0n) is 19.1. The Bertz CT molecular complexity index is 301. The highest BCUT2D eigenvalue weighted by Gasteiger charge is 2.06. The van der Waals surface area contributed by atoms with Gasteiger partial charge in [-0.3, -0.25) is 0 Å². The van der Waals surface area contributed by atoms with Crippen molar-refractivity contribution in [1.29, 1.82) is 0 Å². The lowest BCUT2D eigenvalue weighted by molar-refractivity contribution is -0.140. The van der Waals surface area contributed by atoms with Gasteiger partial charge >= 0.3 is 0 Å². The molecular formula is C24H48O4. The Kier molecular flexibility index (Phi) is 24.0. The summed E-state index contributed by atoms with van der Waals surface area (Å²) in [5.41, 5.74) is 0. The van der Waals surface area contributed by atoms with E-state index in [1.807, 2.05) is 13.8 Å². The van der Waals surface area contributed by atoms with Crippen LogP contribution in [0.3, 0.4) is 0 Å². The Labute approximate surface area is 175 Å². The third-order valence-electron chi connectivity index (χ3n) is 4.75. The number of ether oxygens (including phenoxy) is 4. The fourth-order valence-corrected chi connectivity index (χ4v) is 3.13. The summed E-state index contributed by atoms with van der Waals surface area (Å²) in [6.07, 6.45) is 21.5. The molecule has 168 valence electrons. The van der Waals surface area contributed by atoms with Gasteiger partial charge in [0.25, 0.3) is 0 Å². The molecule has 0 spiro atoms. The van der Waals surface area contributed by atoms with Crippen LogP contribution in [0.4, 0.5) is 0 Å². The van der Waals surface area contributed by atoms with Crippen LogP contribution in [0.5, 0.6) is 0 Å². The van der Waals surface area contributed by atoms with Crippen molar-refractivity contribution < 1.29 is 18.9 Å². The van der Waals surface area contributed by atoms with Gasteiger partial charge in [0.15, 0.2) is 13.1 Å². The zero-order valence-corrected chi connectivity index (χ0v) is 19.1. The average Bonchev–Trinajstić information content (AvgIpc) is 2.70. The molecule has 0 atom stereocenters. The predicted molar refractivity (Wildman–Crippen MR) is 118 cm³/mol. The van der Waals surface area contributed by atoms with Gasteiger partial charge in [-0.2, -0.15) is 0 Å². The van der Waals surface area contributed by atoms with Crippen LogP contribution in [0.25, 0.3) is 0 Å². The topological polar surface area (TPSA) is 36.9 Å². The van der Waals surface area contributed by atoms with Crippen molar-refractivity contribution >= 4 is 0 Å². The van der Waals surface area contributed by atoms with E-state index in [2.05, 4.69) is 13.0 Å². The summed E-state index contributed by atoms with van der Waals surface area (Å²) < 4.78 is 21.9. The Morgan fingerprint density at radius 2 is 1.29 bits per heavy atom. The number of unbranched alkanes of at least 4 members (excludes halogenated alkanes) is 11. The van der Waals surface area contributed by atoms with Crippen molar-refractivity contribution in [2.45, 2.75) is 117 Å². The Hall–Kier alpha value is -0.580. The van der Waals surface area contributed by atoms with Crippen LogP contribution < -0.4 is 0 Å². The maximum absolute atomic E-state index is 5.58. The summed E-state index contributed by atoms with van der Waals surface area (Å²) in [4.78, 5) is 0. The standard InChI is InChI=1S/C24H48O4/c1-4-7-18-21-25-23-26-22-19-16-14-12-10-8-9-11-13-15-17-20-24(27-5-2)28-6-3/h19,22,24H,4-18,20-21,23H2,1-3H3. The average molecular weight is 401 g/mol. The molecule has 0 unspecified atom stereocenters. The highest BCUT2D eigenvalue weighted by atomic mass is 16.7. The summed E-state index contributed by atoms with van der Waals surface area (Å²) in [6.45, 7) is 8.93. The van der Waals surface area contributed by atoms with Gasteiger partial charge in [0, 0.05) is 13.2 Å². The minimum absolute atomic E-state index is 0.00719. The zero-order chi connectivity index (χ0) is 20.5. The van der Waals surface area contributed by atoms with Gasteiger partial charge in [0.1, 0.15) is 0 Å². The first kappa shape index (κ1) is 27.4. The molecule has 0 bridgehead atoms. The van der Waals surface area contributed by atoms with Crippen molar-refractivity contribution in [1.82, 2.24) is 0 Å². The first-order valence-electron chi connectivity index (χ1n) is 11.9. The molecule has 4 heteroatoms.